The zero-order valence-corrected chi connectivity index (χ0v) is 16.9. The maximum atomic E-state index is 12.3. The number of hydrogen-bond acceptors (Lipinski definition) is 4. The maximum absolute atomic E-state index is 12.3. The van der Waals surface area contributed by atoms with Gasteiger partial charge in [0.25, 0.3) is 5.56 Å². The minimum absolute atomic E-state index is 0.00596. The van der Waals surface area contributed by atoms with Gasteiger partial charge in [0.2, 0.25) is 0 Å². The molecular formula is C17H30N2O4Si. The molecule has 2 rings (SSSR count). The summed E-state index contributed by atoms with van der Waals surface area (Å²) in [7, 11) is -0.303. The Hall–Kier alpha value is -1.18. The molecule has 0 spiro atoms. The Labute approximate surface area is 144 Å². The first kappa shape index (κ1) is 19.1. The fourth-order valence-electron chi connectivity index (χ4n) is 2.58. The molecule has 2 atom stereocenters. The summed E-state index contributed by atoms with van der Waals surface area (Å²) in [5, 5.41) is 0.163. The van der Waals surface area contributed by atoms with Crippen molar-refractivity contribution in [1.82, 2.24) is 9.13 Å². The lowest BCUT2D eigenvalue weighted by Gasteiger charge is -2.36. The average molecular weight is 355 g/mol. The SMILES string of the molecule is Cc1cn(C2CCC(CO[Si](C)(C)C(C)(C)C)O2)c(=O)n(C)c1=O. The van der Waals surface area contributed by atoms with Crippen molar-refractivity contribution in [3.05, 3.63) is 32.6 Å². The molecule has 0 aromatic carbocycles. The molecule has 0 amide bonds. The largest absolute Gasteiger partial charge is 0.414 e. The summed E-state index contributed by atoms with van der Waals surface area (Å²) in [6.07, 6.45) is 2.88. The fourth-order valence-corrected chi connectivity index (χ4v) is 3.62. The molecular weight excluding hydrogens is 324 g/mol. The number of rotatable bonds is 4. The fraction of sp³-hybridized carbons (Fsp3) is 0.765. The van der Waals surface area contributed by atoms with Gasteiger partial charge < -0.3 is 9.16 Å². The topological polar surface area (TPSA) is 62.5 Å². The molecule has 1 aromatic rings. The second-order valence-corrected chi connectivity index (χ2v) is 13.0. The highest BCUT2D eigenvalue weighted by Gasteiger charge is 2.38. The van der Waals surface area contributed by atoms with Crippen LogP contribution in [-0.2, 0) is 16.2 Å². The minimum Gasteiger partial charge on any atom is -0.414 e. The van der Waals surface area contributed by atoms with Crippen molar-refractivity contribution >= 4 is 8.32 Å². The van der Waals surface area contributed by atoms with Gasteiger partial charge in [-0.25, -0.2) is 4.79 Å². The van der Waals surface area contributed by atoms with Gasteiger partial charge in [-0.05, 0) is 37.9 Å². The molecule has 0 bridgehead atoms. The van der Waals surface area contributed by atoms with Crippen LogP contribution >= 0.6 is 0 Å². The third-order valence-corrected chi connectivity index (χ3v) is 9.81. The quantitative estimate of drug-likeness (QED) is 0.780. The van der Waals surface area contributed by atoms with E-state index >= 15 is 0 Å². The molecule has 0 radical (unpaired) electrons. The van der Waals surface area contributed by atoms with E-state index in [0.717, 1.165) is 17.4 Å². The van der Waals surface area contributed by atoms with Crippen LogP contribution in [0.3, 0.4) is 0 Å². The Morgan fingerprint density at radius 2 is 1.92 bits per heavy atom. The first-order valence-electron chi connectivity index (χ1n) is 8.52. The number of hydrogen-bond donors (Lipinski definition) is 0. The molecule has 6 nitrogen and oxygen atoms in total. The molecule has 24 heavy (non-hydrogen) atoms. The Bertz CT molecular complexity index is 715. The molecule has 0 aliphatic carbocycles. The van der Waals surface area contributed by atoms with E-state index in [1.54, 1.807) is 13.1 Å². The summed E-state index contributed by atoms with van der Waals surface area (Å²) >= 11 is 0. The second kappa shape index (κ2) is 6.61. The zero-order chi connectivity index (χ0) is 18.3. The molecule has 0 N–H and O–H groups in total. The summed E-state index contributed by atoms with van der Waals surface area (Å²) < 4.78 is 14.9. The van der Waals surface area contributed by atoms with Crippen molar-refractivity contribution in [1.29, 1.82) is 0 Å². The molecule has 2 unspecified atom stereocenters. The summed E-state index contributed by atoms with van der Waals surface area (Å²) in [6, 6.07) is 0. The van der Waals surface area contributed by atoms with Gasteiger partial charge in [-0.1, -0.05) is 20.8 Å². The normalized spacial score (nSPS) is 22.1. The van der Waals surface area contributed by atoms with Crippen molar-refractivity contribution in [2.24, 2.45) is 7.05 Å². The van der Waals surface area contributed by atoms with Crippen LogP contribution in [0.4, 0.5) is 0 Å². The van der Waals surface area contributed by atoms with Crippen LogP contribution in [-0.4, -0.2) is 30.2 Å². The van der Waals surface area contributed by atoms with Crippen molar-refractivity contribution < 1.29 is 9.16 Å². The van der Waals surface area contributed by atoms with Crippen LogP contribution in [0.5, 0.6) is 0 Å². The summed E-state index contributed by atoms with van der Waals surface area (Å²) in [5.41, 5.74) is -0.0460. The van der Waals surface area contributed by atoms with Gasteiger partial charge in [0.05, 0.1) is 12.7 Å². The Morgan fingerprint density at radius 3 is 2.50 bits per heavy atom. The van der Waals surface area contributed by atoms with E-state index < -0.39 is 8.32 Å². The van der Waals surface area contributed by atoms with E-state index in [2.05, 4.69) is 33.9 Å². The Balaban J connectivity index is 2.07. The third kappa shape index (κ3) is 3.73. The number of ether oxygens (including phenoxy) is 1. The van der Waals surface area contributed by atoms with E-state index in [4.69, 9.17) is 9.16 Å². The van der Waals surface area contributed by atoms with Gasteiger partial charge in [-0.2, -0.15) is 0 Å². The molecule has 136 valence electrons. The zero-order valence-electron chi connectivity index (χ0n) is 15.9. The van der Waals surface area contributed by atoms with Crippen LogP contribution in [0, 0.1) is 6.92 Å². The summed E-state index contributed by atoms with van der Waals surface area (Å²) in [6.45, 7) is 13.4. The number of aryl methyl sites for hydroxylation is 1. The minimum atomic E-state index is -1.80. The third-order valence-electron chi connectivity index (χ3n) is 5.31. The molecule has 0 saturated carbocycles. The Kier molecular flexibility index (Phi) is 5.27. The number of nitrogens with zero attached hydrogens (tertiary/aromatic N) is 2. The first-order chi connectivity index (χ1) is 10.9. The first-order valence-corrected chi connectivity index (χ1v) is 11.4. The van der Waals surface area contributed by atoms with Crippen LogP contribution in [0.15, 0.2) is 15.8 Å². The van der Waals surface area contributed by atoms with E-state index in [1.165, 1.54) is 11.6 Å². The van der Waals surface area contributed by atoms with Gasteiger partial charge in [-0.15, -0.1) is 0 Å². The van der Waals surface area contributed by atoms with Crippen molar-refractivity contribution in [2.75, 3.05) is 6.61 Å². The number of aromatic nitrogens is 2. The predicted octanol–water partition coefficient (Wildman–Crippen LogP) is 2.55. The van der Waals surface area contributed by atoms with Crippen LogP contribution < -0.4 is 11.2 Å². The molecule has 1 fully saturated rings. The van der Waals surface area contributed by atoms with Crippen LogP contribution in [0.25, 0.3) is 0 Å². The van der Waals surface area contributed by atoms with Gasteiger partial charge in [0.15, 0.2) is 8.32 Å². The lowest BCUT2D eigenvalue weighted by atomic mass is 10.2. The smallest absolute Gasteiger partial charge is 0.332 e. The summed E-state index contributed by atoms with van der Waals surface area (Å²) in [4.78, 5) is 24.1. The van der Waals surface area contributed by atoms with Crippen LogP contribution in [0.1, 0.15) is 45.4 Å². The predicted molar refractivity (Wildman–Crippen MR) is 97.0 cm³/mol. The molecule has 1 aromatic heterocycles. The van der Waals surface area contributed by atoms with Gasteiger partial charge >= 0.3 is 5.69 Å². The highest BCUT2D eigenvalue weighted by atomic mass is 28.4. The maximum Gasteiger partial charge on any atom is 0.332 e. The average Bonchev–Trinajstić information content (AvgIpc) is 2.94. The highest BCUT2D eigenvalue weighted by Crippen LogP contribution is 2.37. The molecule has 1 saturated heterocycles. The molecule has 1 aliphatic heterocycles. The van der Waals surface area contributed by atoms with E-state index in [9.17, 15) is 9.59 Å². The van der Waals surface area contributed by atoms with Crippen LogP contribution in [0.2, 0.25) is 18.1 Å². The highest BCUT2D eigenvalue weighted by molar-refractivity contribution is 6.74. The van der Waals surface area contributed by atoms with E-state index in [-0.39, 0.29) is 28.6 Å². The van der Waals surface area contributed by atoms with Crippen molar-refractivity contribution in [3.8, 4) is 0 Å². The van der Waals surface area contributed by atoms with Crippen molar-refractivity contribution in [2.45, 2.75) is 71.0 Å². The van der Waals surface area contributed by atoms with Crippen molar-refractivity contribution in [3.63, 3.8) is 0 Å². The van der Waals surface area contributed by atoms with Gasteiger partial charge in [0.1, 0.15) is 6.23 Å². The van der Waals surface area contributed by atoms with E-state index in [0.29, 0.717) is 12.2 Å². The molecule has 1 aliphatic rings. The monoisotopic (exact) mass is 354 g/mol. The van der Waals surface area contributed by atoms with E-state index in [1.807, 2.05) is 0 Å². The molecule has 2 heterocycles. The molecule has 7 heteroatoms. The standard InChI is InChI=1S/C17H30N2O4Si/c1-12-10-19(16(21)18(5)15(12)20)14-9-8-13(23-14)11-22-24(6,7)17(2,3)4/h10,13-14H,8-9,11H2,1-7H3. The van der Waals surface area contributed by atoms with Gasteiger partial charge in [-0.3, -0.25) is 13.9 Å². The lowest BCUT2D eigenvalue weighted by Crippen LogP contribution is -2.43. The van der Waals surface area contributed by atoms with Gasteiger partial charge in [0, 0.05) is 18.8 Å². The Morgan fingerprint density at radius 1 is 1.29 bits per heavy atom. The lowest BCUT2D eigenvalue weighted by molar-refractivity contribution is -0.0228. The summed E-state index contributed by atoms with van der Waals surface area (Å²) in [5.74, 6) is 0. The second-order valence-electron chi connectivity index (χ2n) is 8.23.